The molecule has 0 N–H and O–H groups in total. The molecule has 3 aromatic rings. The predicted octanol–water partition coefficient (Wildman–Crippen LogP) is 1.54. The molecule has 1 aliphatic rings. The molecule has 4 rings (SSSR count). The summed E-state index contributed by atoms with van der Waals surface area (Å²) in [6, 6.07) is 13.6. The van der Waals surface area contributed by atoms with Crippen LogP contribution in [0.25, 0.3) is 5.69 Å². The van der Waals surface area contributed by atoms with Gasteiger partial charge in [-0.3, -0.25) is 14.9 Å². The Bertz CT molecular complexity index is 1060. The fourth-order valence-electron chi connectivity index (χ4n) is 3.37. The number of methoxy groups -OCH3 is 1. The Morgan fingerprint density at radius 3 is 2.50 bits per heavy atom. The Kier molecular flexibility index (Phi) is 5.24. The number of aromatic nitrogens is 4. The van der Waals surface area contributed by atoms with Gasteiger partial charge in [-0.2, -0.15) is 4.68 Å². The Labute approximate surface area is 171 Å². The maximum atomic E-state index is 13.0. The van der Waals surface area contributed by atoms with Crippen LogP contribution in [-0.4, -0.2) is 69.2 Å². The lowest BCUT2D eigenvalue weighted by atomic mass is 10.1. The van der Waals surface area contributed by atoms with Crippen LogP contribution in [0.3, 0.4) is 0 Å². The monoisotopic (exact) mass is 409 g/mol. The van der Waals surface area contributed by atoms with E-state index in [1.807, 2.05) is 35.2 Å². The molecule has 0 radical (unpaired) electrons. The highest BCUT2D eigenvalue weighted by Crippen LogP contribution is 2.26. The van der Waals surface area contributed by atoms with E-state index in [4.69, 9.17) is 4.74 Å². The number of hydrogen-bond donors (Lipinski definition) is 0. The number of carbonyl (C=O) groups excluding carboxylic acids is 1. The summed E-state index contributed by atoms with van der Waals surface area (Å²) in [6.07, 6.45) is 0. The van der Waals surface area contributed by atoms with Crippen molar-refractivity contribution in [2.45, 2.75) is 0 Å². The summed E-state index contributed by atoms with van der Waals surface area (Å²) in [5.41, 5.74) is 0.867. The largest absolute Gasteiger partial charge is 0.496 e. The first-order valence-corrected chi connectivity index (χ1v) is 9.29. The van der Waals surface area contributed by atoms with E-state index in [9.17, 15) is 14.9 Å². The average molecular weight is 409 g/mol. The Balaban J connectivity index is 1.50. The van der Waals surface area contributed by atoms with Gasteiger partial charge >= 0.3 is 0 Å². The fraction of sp³-hybridized carbons (Fsp3) is 0.263. The second-order valence-corrected chi connectivity index (χ2v) is 6.65. The molecule has 11 nitrogen and oxygen atoms in total. The fourth-order valence-corrected chi connectivity index (χ4v) is 3.37. The van der Waals surface area contributed by atoms with Gasteiger partial charge in [0.2, 0.25) is 5.95 Å². The van der Waals surface area contributed by atoms with E-state index < -0.39 is 4.92 Å². The van der Waals surface area contributed by atoms with E-state index in [1.165, 1.54) is 25.3 Å². The summed E-state index contributed by atoms with van der Waals surface area (Å²) in [7, 11) is 1.43. The van der Waals surface area contributed by atoms with Gasteiger partial charge in [-0.1, -0.05) is 23.3 Å². The number of nitro groups is 1. The third-order valence-corrected chi connectivity index (χ3v) is 4.93. The molecule has 0 unspecified atom stereocenters. The molecule has 1 aromatic heterocycles. The number of benzene rings is 2. The molecule has 0 saturated carbocycles. The lowest BCUT2D eigenvalue weighted by Crippen LogP contribution is -2.49. The maximum Gasteiger partial charge on any atom is 0.270 e. The molecule has 0 spiro atoms. The molecule has 0 bridgehead atoms. The molecular weight excluding hydrogens is 390 g/mol. The first-order chi connectivity index (χ1) is 14.6. The first-order valence-electron chi connectivity index (χ1n) is 9.29. The molecule has 154 valence electrons. The van der Waals surface area contributed by atoms with Crippen LogP contribution < -0.4 is 9.64 Å². The quantitative estimate of drug-likeness (QED) is 0.460. The van der Waals surface area contributed by atoms with Crippen molar-refractivity contribution in [1.82, 2.24) is 25.1 Å². The number of non-ortho nitro benzene ring substituents is 1. The van der Waals surface area contributed by atoms with Crippen LogP contribution in [0.5, 0.6) is 5.75 Å². The van der Waals surface area contributed by atoms with Gasteiger partial charge in [0.05, 0.1) is 23.3 Å². The Hall–Kier alpha value is -4.02. The smallest absolute Gasteiger partial charge is 0.270 e. The third-order valence-electron chi connectivity index (χ3n) is 4.93. The number of carbonyl (C=O) groups is 1. The number of tetrazole rings is 1. The summed E-state index contributed by atoms with van der Waals surface area (Å²) < 4.78 is 6.88. The molecular formula is C19H19N7O4. The Morgan fingerprint density at radius 2 is 1.83 bits per heavy atom. The maximum absolute atomic E-state index is 13.0. The van der Waals surface area contributed by atoms with Gasteiger partial charge in [0, 0.05) is 38.3 Å². The van der Waals surface area contributed by atoms with Crippen LogP contribution in [0.2, 0.25) is 0 Å². The van der Waals surface area contributed by atoms with Crippen molar-refractivity contribution < 1.29 is 14.5 Å². The molecule has 0 atom stereocenters. The van der Waals surface area contributed by atoms with Gasteiger partial charge in [-0.25, -0.2) is 0 Å². The highest BCUT2D eigenvalue weighted by Gasteiger charge is 2.28. The van der Waals surface area contributed by atoms with Gasteiger partial charge in [0.15, 0.2) is 0 Å². The zero-order chi connectivity index (χ0) is 21.1. The third kappa shape index (κ3) is 3.64. The summed E-state index contributed by atoms with van der Waals surface area (Å²) in [5, 5.41) is 23.1. The number of amides is 1. The number of piperazine rings is 1. The summed E-state index contributed by atoms with van der Waals surface area (Å²) in [5.74, 6) is 0.597. The van der Waals surface area contributed by atoms with Gasteiger partial charge < -0.3 is 14.5 Å². The predicted molar refractivity (Wildman–Crippen MR) is 107 cm³/mol. The van der Waals surface area contributed by atoms with Gasteiger partial charge in [0.1, 0.15) is 5.75 Å². The van der Waals surface area contributed by atoms with E-state index in [1.54, 1.807) is 9.58 Å². The van der Waals surface area contributed by atoms with Gasteiger partial charge in [0.25, 0.3) is 11.6 Å². The van der Waals surface area contributed by atoms with Crippen LogP contribution in [0.15, 0.2) is 48.5 Å². The van der Waals surface area contributed by atoms with E-state index in [0.29, 0.717) is 37.9 Å². The van der Waals surface area contributed by atoms with Crippen LogP contribution in [0, 0.1) is 10.1 Å². The van der Waals surface area contributed by atoms with Crippen molar-refractivity contribution in [3.8, 4) is 11.4 Å². The number of nitrogens with zero attached hydrogens (tertiary/aromatic N) is 7. The van der Waals surface area contributed by atoms with Crippen molar-refractivity contribution in [3.63, 3.8) is 0 Å². The molecule has 11 heteroatoms. The highest BCUT2D eigenvalue weighted by molar-refractivity contribution is 5.97. The number of ether oxygens (including phenoxy) is 1. The number of hydrogen-bond acceptors (Lipinski definition) is 8. The minimum absolute atomic E-state index is 0.153. The van der Waals surface area contributed by atoms with E-state index >= 15 is 0 Å². The van der Waals surface area contributed by atoms with E-state index in [-0.39, 0.29) is 17.2 Å². The van der Waals surface area contributed by atoms with E-state index in [0.717, 1.165) is 5.69 Å². The lowest BCUT2D eigenvalue weighted by molar-refractivity contribution is -0.384. The summed E-state index contributed by atoms with van der Waals surface area (Å²) >= 11 is 0. The minimum atomic E-state index is -0.530. The first kappa shape index (κ1) is 19.3. The molecule has 2 heterocycles. The Morgan fingerprint density at radius 1 is 1.10 bits per heavy atom. The standard InChI is InChI=1S/C19H19N7O4/c1-30-17-8-7-15(26(28)29)13-16(17)18(27)23-9-11-24(12-10-23)19-20-21-22-25(19)14-5-3-2-4-6-14/h2-8,13H,9-12H2,1H3. The SMILES string of the molecule is COc1ccc([N+](=O)[O-])cc1C(=O)N1CCN(c2nnnn2-c2ccccc2)CC1. The normalized spacial score (nSPS) is 13.9. The molecule has 2 aromatic carbocycles. The average Bonchev–Trinajstić information content (AvgIpc) is 3.29. The topological polar surface area (TPSA) is 120 Å². The van der Waals surface area contributed by atoms with Crippen molar-refractivity contribution in [2.24, 2.45) is 0 Å². The van der Waals surface area contributed by atoms with Crippen LogP contribution in [-0.2, 0) is 0 Å². The zero-order valence-electron chi connectivity index (χ0n) is 16.2. The minimum Gasteiger partial charge on any atom is -0.496 e. The zero-order valence-corrected chi connectivity index (χ0v) is 16.2. The second-order valence-electron chi connectivity index (χ2n) is 6.65. The van der Waals surface area contributed by atoms with E-state index in [2.05, 4.69) is 15.5 Å². The molecule has 0 aliphatic carbocycles. The van der Waals surface area contributed by atoms with Crippen LogP contribution >= 0.6 is 0 Å². The number of anilines is 1. The summed E-state index contributed by atoms with van der Waals surface area (Å²) in [6.45, 7) is 1.89. The summed E-state index contributed by atoms with van der Waals surface area (Å²) in [4.78, 5) is 27.2. The lowest BCUT2D eigenvalue weighted by Gasteiger charge is -2.35. The van der Waals surface area contributed by atoms with Crippen LogP contribution in [0.1, 0.15) is 10.4 Å². The van der Waals surface area contributed by atoms with Crippen molar-refractivity contribution >= 4 is 17.5 Å². The van der Waals surface area contributed by atoms with Crippen molar-refractivity contribution in [3.05, 3.63) is 64.2 Å². The van der Waals surface area contributed by atoms with Gasteiger partial charge in [-0.15, -0.1) is 0 Å². The van der Waals surface area contributed by atoms with Gasteiger partial charge in [-0.05, 0) is 28.6 Å². The molecule has 1 amide bonds. The van der Waals surface area contributed by atoms with Crippen molar-refractivity contribution in [1.29, 1.82) is 0 Å². The molecule has 1 aliphatic heterocycles. The number of para-hydroxylation sites is 1. The second kappa shape index (κ2) is 8.15. The number of rotatable bonds is 5. The molecule has 1 fully saturated rings. The van der Waals surface area contributed by atoms with Crippen LogP contribution in [0.4, 0.5) is 11.6 Å². The molecule has 30 heavy (non-hydrogen) atoms. The molecule has 1 saturated heterocycles. The van der Waals surface area contributed by atoms with Crippen molar-refractivity contribution in [2.75, 3.05) is 38.2 Å². The number of nitro benzene ring substituents is 1. The highest BCUT2D eigenvalue weighted by atomic mass is 16.6.